The van der Waals surface area contributed by atoms with Crippen LogP contribution in [0.15, 0.2) is 103 Å². The molecule has 11 heteroatoms. The number of carbonyl (C=O) groups is 4. The summed E-state index contributed by atoms with van der Waals surface area (Å²) < 4.78 is 5.44. The molecule has 0 spiro atoms. The molecular weight excluding hydrogens is 574 g/mol. The predicted molar refractivity (Wildman–Crippen MR) is 168 cm³/mol. The molecule has 1 atom stereocenters. The van der Waals surface area contributed by atoms with E-state index in [4.69, 9.17) is 4.74 Å². The van der Waals surface area contributed by atoms with Gasteiger partial charge in [-0.25, -0.2) is 4.79 Å². The third-order valence-electron chi connectivity index (χ3n) is 7.41. The summed E-state index contributed by atoms with van der Waals surface area (Å²) in [6, 6.07) is 25.8. The fraction of sp³-hybridized carbons (Fsp3) is 0.206. The number of carboxylic acid groups (broad SMARTS) is 1. The molecule has 0 aliphatic carbocycles. The normalized spacial score (nSPS) is 13.4. The number of nitrogens with one attached hydrogen (secondary N) is 2. The average Bonchev–Trinajstić information content (AvgIpc) is 3.08. The quantitative estimate of drug-likeness (QED) is 0.235. The monoisotopic (exact) mass is 607 g/mol. The Morgan fingerprint density at radius 2 is 1.56 bits per heavy atom. The van der Waals surface area contributed by atoms with Crippen molar-refractivity contribution < 1.29 is 29.0 Å². The van der Waals surface area contributed by atoms with Crippen LogP contribution in [-0.4, -0.2) is 65.0 Å². The minimum absolute atomic E-state index is 0.0466. The number of aliphatic carboxylic acids is 1. The third kappa shape index (κ3) is 8.23. The Hall–Kier alpha value is -5.71. The highest BCUT2D eigenvalue weighted by Gasteiger charge is 2.25. The lowest BCUT2D eigenvalue weighted by Gasteiger charge is -2.37. The van der Waals surface area contributed by atoms with Crippen molar-refractivity contribution in [3.05, 3.63) is 126 Å². The summed E-state index contributed by atoms with van der Waals surface area (Å²) in [7, 11) is 0. The first kappa shape index (κ1) is 30.7. The van der Waals surface area contributed by atoms with Gasteiger partial charge < -0.3 is 25.0 Å². The van der Waals surface area contributed by atoms with Crippen LogP contribution < -0.4 is 15.5 Å². The number of benzene rings is 3. The van der Waals surface area contributed by atoms with E-state index >= 15 is 0 Å². The second-order valence-electron chi connectivity index (χ2n) is 10.5. The molecule has 45 heavy (non-hydrogen) atoms. The molecule has 5 rings (SSSR count). The first-order valence-electron chi connectivity index (χ1n) is 14.5. The molecule has 0 saturated carbocycles. The van der Waals surface area contributed by atoms with Gasteiger partial charge in [0.1, 0.15) is 6.61 Å². The number of carbonyl (C=O) groups excluding carboxylic acids is 3. The van der Waals surface area contributed by atoms with Gasteiger partial charge in [-0.3, -0.25) is 24.7 Å². The minimum atomic E-state index is -1.08. The van der Waals surface area contributed by atoms with Gasteiger partial charge >= 0.3 is 12.1 Å². The van der Waals surface area contributed by atoms with Gasteiger partial charge in [0.25, 0.3) is 11.8 Å². The van der Waals surface area contributed by atoms with Crippen molar-refractivity contribution in [2.24, 2.45) is 0 Å². The van der Waals surface area contributed by atoms with Crippen molar-refractivity contribution in [1.82, 2.24) is 15.2 Å². The summed E-state index contributed by atoms with van der Waals surface area (Å²) in [5.41, 5.74) is 3.21. The zero-order chi connectivity index (χ0) is 31.6. The zero-order valence-corrected chi connectivity index (χ0v) is 24.5. The molecule has 3 N–H and O–H groups in total. The zero-order valence-electron chi connectivity index (χ0n) is 24.5. The fourth-order valence-corrected chi connectivity index (χ4v) is 5.09. The van der Waals surface area contributed by atoms with Gasteiger partial charge in [0, 0.05) is 49.7 Å². The average molecular weight is 608 g/mol. The van der Waals surface area contributed by atoms with Gasteiger partial charge in [-0.15, -0.1) is 0 Å². The molecule has 230 valence electrons. The summed E-state index contributed by atoms with van der Waals surface area (Å²) >= 11 is 0. The number of amides is 3. The highest BCUT2D eigenvalue weighted by Crippen LogP contribution is 2.29. The van der Waals surface area contributed by atoms with Crippen LogP contribution in [0.4, 0.5) is 16.2 Å². The number of pyridine rings is 1. The lowest BCUT2D eigenvalue weighted by atomic mass is 10.0. The van der Waals surface area contributed by atoms with E-state index in [1.54, 1.807) is 47.5 Å². The van der Waals surface area contributed by atoms with Gasteiger partial charge in [0.05, 0.1) is 23.8 Å². The van der Waals surface area contributed by atoms with E-state index in [9.17, 15) is 24.3 Å². The minimum Gasteiger partial charge on any atom is -0.481 e. The van der Waals surface area contributed by atoms with Crippen molar-refractivity contribution in [2.75, 3.05) is 36.4 Å². The van der Waals surface area contributed by atoms with E-state index in [2.05, 4.69) is 15.6 Å². The van der Waals surface area contributed by atoms with E-state index in [0.29, 0.717) is 48.7 Å². The highest BCUT2D eigenvalue weighted by atomic mass is 16.5. The number of ether oxygens (including phenoxy) is 1. The molecule has 1 aliphatic rings. The van der Waals surface area contributed by atoms with Crippen LogP contribution in [0.2, 0.25) is 0 Å². The van der Waals surface area contributed by atoms with Gasteiger partial charge in [-0.05, 0) is 47.5 Å². The molecule has 4 aromatic rings. The SMILES string of the molecule is O=C(O)CC(NC(=O)c1ccc(N2CCN(C(=O)c3ccccc3)CC2)c(NC(=O)OCc2ccccc2)c1)c1cccnc1. The molecule has 1 aliphatic heterocycles. The van der Waals surface area contributed by atoms with E-state index in [1.807, 2.05) is 53.4 Å². The number of piperazine rings is 1. The molecule has 2 heterocycles. The molecule has 0 radical (unpaired) electrons. The smallest absolute Gasteiger partial charge is 0.412 e. The van der Waals surface area contributed by atoms with Crippen LogP contribution in [0.25, 0.3) is 0 Å². The van der Waals surface area contributed by atoms with Gasteiger partial charge in [-0.2, -0.15) is 0 Å². The van der Waals surface area contributed by atoms with Crippen LogP contribution in [0, 0.1) is 0 Å². The molecule has 1 fully saturated rings. The first-order valence-corrected chi connectivity index (χ1v) is 14.5. The van der Waals surface area contributed by atoms with Crippen LogP contribution in [-0.2, 0) is 16.1 Å². The summed E-state index contributed by atoms with van der Waals surface area (Å²) in [6.07, 6.45) is 2.04. The van der Waals surface area contributed by atoms with E-state index < -0.39 is 24.0 Å². The van der Waals surface area contributed by atoms with Crippen molar-refractivity contribution in [2.45, 2.75) is 19.1 Å². The second-order valence-corrected chi connectivity index (χ2v) is 10.5. The maximum absolute atomic E-state index is 13.4. The number of hydrogen-bond acceptors (Lipinski definition) is 7. The molecular formula is C34H33N5O6. The lowest BCUT2D eigenvalue weighted by molar-refractivity contribution is -0.137. The lowest BCUT2D eigenvalue weighted by Crippen LogP contribution is -2.49. The van der Waals surface area contributed by atoms with Crippen LogP contribution in [0.3, 0.4) is 0 Å². The van der Waals surface area contributed by atoms with Crippen molar-refractivity contribution in [3.8, 4) is 0 Å². The summed E-state index contributed by atoms with van der Waals surface area (Å²) in [4.78, 5) is 58.7. The Kier molecular flexibility index (Phi) is 10.0. The second kappa shape index (κ2) is 14.6. The van der Waals surface area contributed by atoms with Crippen LogP contribution in [0.1, 0.15) is 44.3 Å². The largest absolute Gasteiger partial charge is 0.481 e. The van der Waals surface area contributed by atoms with Gasteiger partial charge in [0.2, 0.25) is 0 Å². The summed E-state index contributed by atoms with van der Waals surface area (Å²) in [6.45, 7) is 2.00. The molecule has 11 nitrogen and oxygen atoms in total. The number of aromatic nitrogens is 1. The molecule has 1 saturated heterocycles. The number of nitrogens with zero attached hydrogens (tertiary/aromatic N) is 3. The van der Waals surface area contributed by atoms with Crippen molar-refractivity contribution in [1.29, 1.82) is 0 Å². The maximum Gasteiger partial charge on any atom is 0.412 e. The Morgan fingerprint density at radius 3 is 2.22 bits per heavy atom. The van der Waals surface area contributed by atoms with E-state index in [1.165, 1.54) is 12.3 Å². The van der Waals surface area contributed by atoms with Crippen LogP contribution >= 0.6 is 0 Å². The maximum atomic E-state index is 13.4. The molecule has 3 amide bonds. The van der Waals surface area contributed by atoms with E-state index in [0.717, 1.165) is 5.56 Å². The highest BCUT2D eigenvalue weighted by molar-refractivity contribution is 5.99. The number of carboxylic acids is 1. The number of hydrogen-bond donors (Lipinski definition) is 3. The third-order valence-corrected chi connectivity index (χ3v) is 7.41. The Labute approximate surface area is 260 Å². The number of anilines is 2. The van der Waals surface area contributed by atoms with Gasteiger partial charge in [-0.1, -0.05) is 54.6 Å². The van der Waals surface area contributed by atoms with Crippen LogP contribution in [0.5, 0.6) is 0 Å². The standard InChI is InChI=1S/C34H33N5O6/c40-31(41)21-28(27-12-7-15-35-22-27)36-32(42)26-13-14-30(29(20-26)37-34(44)45-23-24-8-3-1-4-9-24)38-16-18-39(19-17-38)33(43)25-10-5-2-6-11-25/h1-15,20,22,28H,16-19,21,23H2,(H,36,42)(H,37,44)(H,40,41). The van der Waals surface area contributed by atoms with Crippen molar-refractivity contribution >= 4 is 35.3 Å². The van der Waals surface area contributed by atoms with E-state index in [-0.39, 0.29) is 24.5 Å². The molecule has 1 unspecified atom stereocenters. The Bertz CT molecular complexity index is 1630. The Balaban J connectivity index is 1.34. The molecule has 3 aromatic carbocycles. The summed E-state index contributed by atoms with van der Waals surface area (Å²) in [5.74, 6) is -1.64. The summed E-state index contributed by atoms with van der Waals surface area (Å²) in [5, 5.41) is 15.0. The fourth-order valence-electron chi connectivity index (χ4n) is 5.09. The topological polar surface area (TPSA) is 141 Å². The number of rotatable bonds is 10. The molecule has 0 bridgehead atoms. The Morgan fingerprint density at radius 1 is 0.844 bits per heavy atom. The first-order chi connectivity index (χ1) is 21.9. The van der Waals surface area contributed by atoms with Crippen molar-refractivity contribution in [3.63, 3.8) is 0 Å². The van der Waals surface area contributed by atoms with Gasteiger partial charge in [0.15, 0.2) is 0 Å². The predicted octanol–water partition coefficient (Wildman–Crippen LogP) is 4.74. The molecule has 1 aromatic heterocycles.